The first-order valence-electron chi connectivity index (χ1n) is 9.67. The fourth-order valence-corrected chi connectivity index (χ4v) is 3.41. The van der Waals surface area contributed by atoms with E-state index in [0.29, 0.717) is 30.8 Å². The third kappa shape index (κ3) is 5.62. The van der Waals surface area contributed by atoms with Crippen molar-refractivity contribution in [2.24, 2.45) is 0 Å². The minimum absolute atomic E-state index is 0.0138. The molecule has 1 aromatic heterocycles. The molecule has 140 valence electrons. The van der Waals surface area contributed by atoms with E-state index in [4.69, 9.17) is 4.42 Å². The van der Waals surface area contributed by atoms with E-state index < -0.39 is 0 Å². The van der Waals surface area contributed by atoms with E-state index in [1.165, 1.54) is 12.8 Å². The van der Waals surface area contributed by atoms with Crippen molar-refractivity contribution >= 4 is 11.8 Å². The zero-order chi connectivity index (χ0) is 18.2. The van der Waals surface area contributed by atoms with Crippen LogP contribution in [0.25, 0.3) is 0 Å². The predicted octanol–water partition coefficient (Wildman–Crippen LogP) is 3.93. The van der Waals surface area contributed by atoms with Crippen LogP contribution in [0.2, 0.25) is 0 Å². The monoisotopic (exact) mass is 348 g/mol. The van der Waals surface area contributed by atoms with Gasteiger partial charge in [0.15, 0.2) is 0 Å². The Morgan fingerprint density at radius 1 is 1.12 bits per heavy atom. The second-order valence-corrected chi connectivity index (χ2v) is 7.02. The normalized spacial score (nSPS) is 14.1. The van der Waals surface area contributed by atoms with Gasteiger partial charge in [-0.25, -0.2) is 0 Å². The van der Waals surface area contributed by atoms with Crippen LogP contribution in [-0.2, 0) is 4.79 Å². The van der Waals surface area contributed by atoms with Gasteiger partial charge in [0.2, 0.25) is 5.91 Å². The zero-order valence-corrected chi connectivity index (χ0v) is 16.0. The van der Waals surface area contributed by atoms with E-state index in [-0.39, 0.29) is 11.8 Å². The molecule has 0 aromatic carbocycles. The summed E-state index contributed by atoms with van der Waals surface area (Å²) >= 11 is 0. The summed E-state index contributed by atoms with van der Waals surface area (Å²) in [7, 11) is 0. The average Bonchev–Trinajstić information content (AvgIpc) is 3.23. The molecule has 0 atom stereocenters. The van der Waals surface area contributed by atoms with Crippen molar-refractivity contribution in [3.05, 3.63) is 23.2 Å². The number of rotatable bonds is 9. The van der Waals surface area contributed by atoms with Crippen LogP contribution >= 0.6 is 0 Å². The Hall–Kier alpha value is -1.78. The summed E-state index contributed by atoms with van der Waals surface area (Å²) in [4.78, 5) is 29.0. The van der Waals surface area contributed by atoms with E-state index in [0.717, 1.165) is 44.5 Å². The Balaban J connectivity index is 1.97. The standard InChI is InChI=1S/C20H32N2O3/c1-4-5-6-7-13-22(14-10-19(23)21-11-8-9-12-21)20(24)18-15-16(2)25-17(18)3/h15H,4-14H2,1-3H3. The van der Waals surface area contributed by atoms with Gasteiger partial charge in [0.1, 0.15) is 11.5 Å². The van der Waals surface area contributed by atoms with Gasteiger partial charge in [-0.15, -0.1) is 0 Å². The topological polar surface area (TPSA) is 53.8 Å². The second kappa shape index (κ2) is 9.64. The van der Waals surface area contributed by atoms with Gasteiger partial charge in [0, 0.05) is 32.6 Å². The molecule has 5 heteroatoms. The number of furan rings is 1. The van der Waals surface area contributed by atoms with Crippen LogP contribution in [0.3, 0.4) is 0 Å². The van der Waals surface area contributed by atoms with E-state index in [9.17, 15) is 9.59 Å². The molecule has 0 bridgehead atoms. The smallest absolute Gasteiger partial charge is 0.257 e. The van der Waals surface area contributed by atoms with Gasteiger partial charge in [-0.05, 0) is 39.2 Å². The summed E-state index contributed by atoms with van der Waals surface area (Å²) in [6.07, 6.45) is 7.05. The molecule has 1 aromatic rings. The molecule has 1 aliphatic heterocycles. The Morgan fingerprint density at radius 3 is 2.44 bits per heavy atom. The lowest BCUT2D eigenvalue weighted by atomic mass is 10.1. The Labute approximate surface area is 151 Å². The molecule has 2 rings (SSSR count). The van der Waals surface area contributed by atoms with Gasteiger partial charge in [0.25, 0.3) is 5.91 Å². The highest BCUT2D eigenvalue weighted by molar-refractivity contribution is 5.95. The maximum absolute atomic E-state index is 12.9. The Morgan fingerprint density at radius 2 is 1.84 bits per heavy atom. The second-order valence-electron chi connectivity index (χ2n) is 7.02. The van der Waals surface area contributed by atoms with Crippen LogP contribution in [0.4, 0.5) is 0 Å². The summed E-state index contributed by atoms with van der Waals surface area (Å²) < 4.78 is 5.51. The average molecular weight is 348 g/mol. The number of unbranched alkanes of at least 4 members (excludes halogenated alkanes) is 3. The molecule has 0 radical (unpaired) electrons. The van der Waals surface area contributed by atoms with Crippen molar-refractivity contribution in [2.45, 2.75) is 65.7 Å². The maximum Gasteiger partial charge on any atom is 0.257 e. The summed E-state index contributed by atoms with van der Waals surface area (Å²) in [5, 5.41) is 0. The van der Waals surface area contributed by atoms with Gasteiger partial charge in [-0.2, -0.15) is 0 Å². The first-order chi connectivity index (χ1) is 12.0. The highest BCUT2D eigenvalue weighted by Crippen LogP contribution is 2.17. The molecule has 25 heavy (non-hydrogen) atoms. The molecular weight excluding hydrogens is 316 g/mol. The van der Waals surface area contributed by atoms with Crippen LogP contribution < -0.4 is 0 Å². The quantitative estimate of drug-likeness (QED) is 0.635. The van der Waals surface area contributed by atoms with Gasteiger partial charge in [-0.3, -0.25) is 9.59 Å². The Kier molecular flexibility index (Phi) is 7.53. The number of amides is 2. The predicted molar refractivity (Wildman–Crippen MR) is 98.7 cm³/mol. The largest absolute Gasteiger partial charge is 0.466 e. The zero-order valence-electron chi connectivity index (χ0n) is 16.0. The molecule has 1 aliphatic rings. The van der Waals surface area contributed by atoms with Crippen LogP contribution in [0.5, 0.6) is 0 Å². The molecule has 5 nitrogen and oxygen atoms in total. The van der Waals surface area contributed by atoms with Gasteiger partial charge < -0.3 is 14.2 Å². The summed E-state index contributed by atoms with van der Waals surface area (Å²) in [6.45, 7) is 8.78. The van der Waals surface area contributed by atoms with Crippen LogP contribution in [0.15, 0.2) is 10.5 Å². The fraction of sp³-hybridized carbons (Fsp3) is 0.700. The van der Waals surface area contributed by atoms with Gasteiger partial charge >= 0.3 is 0 Å². The fourth-order valence-electron chi connectivity index (χ4n) is 3.41. The SMILES string of the molecule is CCCCCCN(CCC(=O)N1CCCC1)C(=O)c1cc(C)oc1C. The van der Waals surface area contributed by atoms with Crippen molar-refractivity contribution in [3.63, 3.8) is 0 Å². The Bertz CT molecular complexity index is 573. The molecular formula is C20H32N2O3. The lowest BCUT2D eigenvalue weighted by Crippen LogP contribution is -2.37. The summed E-state index contributed by atoms with van der Waals surface area (Å²) in [5.74, 6) is 1.57. The third-order valence-corrected chi connectivity index (χ3v) is 4.89. The lowest BCUT2D eigenvalue weighted by molar-refractivity contribution is -0.130. The number of carbonyl (C=O) groups is 2. The minimum atomic E-state index is -0.0138. The van der Waals surface area contributed by atoms with E-state index in [1.54, 1.807) is 6.07 Å². The summed E-state index contributed by atoms with van der Waals surface area (Å²) in [6, 6.07) is 1.80. The van der Waals surface area contributed by atoms with E-state index in [1.807, 2.05) is 23.6 Å². The van der Waals surface area contributed by atoms with Gasteiger partial charge in [0.05, 0.1) is 5.56 Å². The molecule has 2 heterocycles. The van der Waals surface area contributed by atoms with Crippen molar-refractivity contribution in [2.75, 3.05) is 26.2 Å². The number of carbonyl (C=O) groups excluding carboxylic acids is 2. The van der Waals surface area contributed by atoms with Crippen molar-refractivity contribution in [3.8, 4) is 0 Å². The highest BCUT2D eigenvalue weighted by Gasteiger charge is 2.23. The number of nitrogens with zero attached hydrogens (tertiary/aromatic N) is 2. The molecule has 1 fully saturated rings. The number of hydrogen-bond acceptors (Lipinski definition) is 3. The maximum atomic E-state index is 12.9. The van der Waals surface area contributed by atoms with Crippen molar-refractivity contribution in [1.82, 2.24) is 9.80 Å². The molecule has 0 saturated carbocycles. The molecule has 2 amide bonds. The molecule has 0 aliphatic carbocycles. The van der Waals surface area contributed by atoms with Crippen LogP contribution in [-0.4, -0.2) is 47.8 Å². The van der Waals surface area contributed by atoms with Crippen LogP contribution in [0, 0.1) is 13.8 Å². The van der Waals surface area contributed by atoms with Crippen molar-refractivity contribution in [1.29, 1.82) is 0 Å². The summed E-state index contributed by atoms with van der Waals surface area (Å²) in [5.41, 5.74) is 0.626. The number of aryl methyl sites for hydroxylation is 2. The number of likely N-dealkylation sites (tertiary alicyclic amines) is 1. The first kappa shape index (κ1) is 19.5. The van der Waals surface area contributed by atoms with Crippen LogP contribution in [0.1, 0.15) is 73.7 Å². The van der Waals surface area contributed by atoms with E-state index in [2.05, 4.69) is 6.92 Å². The van der Waals surface area contributed by atoms with Gasteiger partial charge in [-0.1, -0.05) is 26.2 Å². The molecule has 1 saturated heterocycles. The first-order valence-corrected chi connectivity index (χ1v) is 9.67. The lowest BCUT2D eigenvalue weighted by Gasteiger charge is -2.24. The molecule has 0 spiro atoms. The van der Waals surface area contributed by atoms with Crippen molar-refractivity contribution < 1.29 is 14.0 Å². The minimum Gasteiger partial charge on any atom is -0.466 e. The molecule has 0 N–H and O–H groups in total. The number of hydrogen-bond donors (Lipinski definition) is 0. The highest BCUT2D eigenvalue weighted by atomic mass is 16.3. The third-order valence-electron chi connectivity index (χ3n) is 4.89. The van der Waals surface area contributed by atoms with E-state index >= 15 is 0 Å². The molecule has 0 unspecified atom stereocenters.